The van der Waals surface area contributed by atoms with E-state index >= 15 is 0 Å². The van der Waals surface area contributed by atoms with E-state index in [1.807, 2.05) is 42.3 Å². The van der Waals surface area contributed by atoms with Gasteiger partial charge in [-0.3, -0.25) is 4.79 Å². The van der Waals surface area contributed by atoms with Crippen molar-refractivity contribution < 1.29 is 13.2 Å². The Labute approximate surface area is 220 Å². The van der Waals surface area contributed by atoms with Crippen LogP contribution in [0, 0.1) is 5.92 Å². The van der Waals surface area contributed by atoms with E-state index in [0.717, 1.165) is 36.1 Å². The molecule has 8 nitrogen and oxygen atoms in total. The minimum atomic E-state index is -3.54. The maximum absolute atomic E-state index is 13.2. The van der Waals surface area contributed by atoms with Crippen LogP contribution < -0.4 is 11.1 Å². The zero-order chi connectivity index (χ0) is 26.6. The number of amides is 1. The van der Waals surface area contributed by atoms with Crippen molar-refractivity contribution in [3.63, 3.8) is 0 Å². The number of amidine groups is 1. The Morgan fingerprint density at radius 1 is 1.11 bits per heavy atom. The van der Waals surface area contributed by atoms with Crippen LogP contribution in [-0.2, 0) is 14.8 Å². The molecule has 0 aliphatic carbocycles. The second-order valence-corrected chi connectivity index (χ2v) is 11.7. The van der Waals surface area contributed by atoms with E-state index in [1.165, 1.54) is 4.31 Å². The number of hydrogen-bond donors (Lipinski definition) is 2. The number of rotatable bonds is 10. The van der Waals surface area contributed by atoms with E-state index in [4.69, 9.17) is 5.73 Å². The molecule has 2 heterocycles. The summed E-state index contributed by atoms with van der Waals surface area (Å²) in [5.41, 5.74) is 9.98. The quantitative estimate of drug-likeness (QED) is 0.495. The van der Waals surface area contributed by atoms with Crippen LogP contribution >= 0.6 is 0 Å². The average Bonchev–Trinajstić information content (AvgIpc) is 3.02. The molecular formula is C28H37N5O3S. The number of fused-ring (bicyclic) bond motifs is 1. The molecule has 2 aliphatic heterocycles. The van der Waals surface area contributed by atoms with Crippen molar-refractivity contribution in [3.05, 3.63) is 53.6 Å². The van der Waals surface area contributed by atoms with Crippen molar-refractivity contribution in [2.45, 2.75) is 38.0 Å². The van der Waals surface area contributed by atoms with Crippen molar-refractivity contribution in [2.24, 2.45) is 16.6 Å². The molecule has 2 aromatic carbocycles. The van der Waals surface area contributed by atoms with Crippen LogP contribution in [0.3, 0.4) is 0 Å². The van der Waals surface area contributed by atoms with Crippen LogP contribution in [-0.4, -0.2) is 69.1 Å². The van der Waals surface area contributed by atoms with Crippen molar-refractivity contribution in [3.8, 4) is 11.1 Å². The summed E-state index contributed by atoms with van der Waals surface area (Å²) in [5.74, 6) is 0.727. The van der Waals surface area contributed by atoms with Crippen molar-refractivity contribution in [1.82, 2.24) is 14.5 Å². The normalized spacial score (nSPS) is 16.3. The van der Waals surface area contributed by atoms with Gasteiger partial charge in [0, 0.05) is 50.3 Å². The first-order chi connectivity index (χ1) is 17.8. The Kier molecular flexibility index (Phi) is 8.46. The summed E-state index contributed by atoms with van der Waals surface area (Å²) in [5, 5.41) is 3.10. The fourth-order valence-corrected chi connectivity index (χ4v) is 6.53. The Balaban J connectivity index is 1.61. The molecule has 2 aromatic rings. The van der Waals surface area contributed by atoms with Gasteiger partial charge in [0.15, 0.2) is 0 Å². The number of benzene rings is 2. The van der Waals surface area contributed by atoms with Gasteiger partial charge < -0.3 is 16.0 Å². The number of carbonyl (C=O) groups excluding carboxylic acids is 1. The van der Waals surface area contributed by atoms with E-state index in [0.29, 0.717) is 55.6 Å². The summed E-state index contributed by atoms with van der Waals surface area (Å²) in [6.45, 7) is 7.41. The number of sulfonamides is 1. The highest BCUT2D eigenvalue weighted by atomic mass is 32.2. The summed E-state index contributed by atoms with van der Waals surface area (Å²) in [6.07, 6.45) is 3.97. The van der Waals surface area contributed by atoms with Gasteiger partial charge in [0.2, 0.25) is 15.9 Å². The minimum Gasteiger partial charge on any atom is -0.387 e. The lowest BCUT2D eigenvalue weighted by molar-refractivity contribution is -0.127. The van der Waals surface area contributed by atoms with E-state index in [-0.39, 0.29) is 10.8 Å². The maximum atomic E-state index is 13.2. The van der Waals surface area contributed by atoms with Crippen LogP contribution in [0.15, 0.2) is 57.9 Å². The molecule has 0 saturated carbocycles. The van der Waals surface area contributed by atoms with E-state index in [9.17, 15) is 13.2 Å². The lowest BCUT2D eigenvalue weighted by atomic mass is 10.0. The summed E-state index contributed by atoms with van der Waals surface area (Å²) in [4.78, 5) is 20.0. The van der Waals surface area contributed by atoms with Gasteiger partial charge in [-0.25, -0.2) is 13.4 Å². The number of nitrogens with zero attached hydrogens (tertiary/aromatic N) is 3. The first kappa shape index (κ1) is 27.0. The zero-order valence-corrected chi connectivity index (χ0v) is 22.7. The molecule has 0 spiro atoms. The van der Waals surface area contributed by atoms with Gasteiger partial charge in [-0.2, -0.15) is 4.31 Å². The molecule has 1 saturated heterocycles. The molecule has 1 fully saturated rings. The average molecular weight is 524 g/mol. The molecule has 0 bridgehead atoms. The van der Waals surface area contributed by atoms with Crippen molar-refractivity contribution in [1.29, 1.82) is 0 Å². The van der Waals surface area contributed by atoms with Crippen LogP contribution in [0.25, 0.3) is 17.2 Å². The third-order valence-corrected chi connectivity index (χ3v) is 8.59. The Morgan fingerprint density at radius 2 is 1.81 bits per heavy atom. The zero-order valence-electron chi connectivity index (χ0n) is 21.9. The first-order valence-corrected chi connectivity index (χ1v) is 14.4. The van der Waals surface area contributed by atoms with Gasteiger partial charge in [0.1, 0.15) is 5.84 Å². The molecule has 1 amide bonds. The monoisotopic (exact) mass is 523 g/mol. The fraction of sp³-hybridized carbons (Fsp3) is 0.429. The van der Waals surface area contributed by atoms with Gasteiger partial charge >= 0.3 is 0 Å². The van der Waals surface area contributed by atoms with Gasteiger partial charge in [0.05, 0.1) is 10.6 Å². The summed E-state index contributed by atoms with van der Waals surface area (Å²) in [6, 6.07) is 12.8. The lowest BCUT2D eigenvalue weighted by Crippen LogP contribution is -2.52. The number of nitrogens with one attached hydrogen (secondary N) is 1. The third-order valence-electron chi connectivity index (χ3n) is 6.77. The molecule has 0 radical (unpaired) electrons. The molecular weight excluding hydrogens is 486 g/mol. The predicted molar refractivity (Wildman–Crippen MR) is 149 cm³/mol. The molecule has 0 unspecified atom stereocenters. The molecule has 3 N–H and O–H groups in total. The maximum Gasteiger partial charge on any atom is 0.250 e. The van der Waals surface area contributed by atoms with Crippen LogP contribution in [0.4, 0.5) is 5.69 Å². The second-order valence-electron chi connectivity index (χ2n) is 9.79. The third kappa shape index (κ3) is 5.95. The Hall–Kier alpha value is -3.01. The Bertz CT molecular complexity index is 1310. The smallest absolute Gasteiger partial charge is 0.250 e. The van der Waals surface area contributed by atoms with Crippen molar-refractivity contribution in [2.75, 3.05) is 39.8 Å². The molecule has 0 atom stereocenters. The molecule has 0 aromatic heterocycles. The molecule has 37 heavy (non-hydrogen) atoms. The molecule has 4 rings (SSSR count). The highest BCUT2D eigenvalue weighted by molar-refractivity contribution is 7.89. The number of aliphatic imine (C=N–C) groups is 1. The van der Waals surface area contributed by atoms with Gasteiger partial charge in [-0.05, 0) is 61.2 Å². The second kappa shape index (κ2) is 11.6. The van der Waals surface area contributed by atoms with Gasteiger partial charge in [0.25, 0.3) is 0 Å². The lowest BCUT2D eigenvalue weighted by Gasteiger charge is -2.38. The SMILES string of the molecule is CCCN(CCC)C(=O)C1=Cc2ccc(-c3cccc(S(=O)(=O)N4CC(CNC)C4)c3)cc2N=C(N)C1. The standard InChI is InChI=1S/C28H37N5O3S/c1-4-11-32(12-5-2)28(34)24-13-23-10-9-22(15-26(23)31-27(29)16-24)21-7-6-8-25(14-21)37(35,36)33-18-20(19-33)17-30-3/h6-10,13-15,20,30H,4-5,11-12,16-19H2,1-3H3,(H2,29,31). The van der Waals surface area contributed by atoms with Crippen LogP contribution in [0.2, 0.25) is 0 Å². The molecule has 9 heteroatoms. The summed E-state index contributed by atoms with van der Waals surface area (Å²) in [7, 11) is -1.67. The van der Waals surface area contributed by atoms with Crippen LogP contribution in [0.5, 0.6) is 0 Å². The van der Waals surface area contributed by atoms with Gasteiger partial charge in [-0.15, -0.1) is 0 Å². The fourth-order valence-electron chi connectivity index (χ4n) is 4.89. The number of carbonyl (C=O) groups is 1. The topological polar surface area (TPSA) is 108 Å². The number of nitrogens with two attached hydrogens (primary N) is 1. The van der Waals surface area contributed by atoms with Gasteiger partial charge in [-0.1, -0.05) is 38.1 Å². The Morgan fingerprint density at radius 3 is 2.49 bits per heavy atom. The first-order valence-electron chi connectivity index (χ1n) is 13.0. The minimum absolute atomic E-state index is 0.000337. The van der Waals surface area contributed by atoms with Crippen molar-refractivity contribution >= 4 is 33.5 Å². The highest BCUT2D eigenvalue weighted by Gasteiger charge is 2.36. The molecule has 2 aliphatic rings. The van der Waals surface area contributed by atoms with E-state index < -0.39 is 10.0 Å². The summed E-state index contributed by atoms with van der Waals surface area (Å²) < 4.78 is 27.8. The van der Waals surface area contributed by atoms with E-state index in [2.05, 4.69) is 24.2 Å². The van der Waals surface area contributed by atoms with Crippen LogP contribution in [0.1, 0.15) is 38.7 Å². The highest BCUT2D eigenvalue weighted by Crippen LogP contribution is 2.34. The molecule has 198 valence electrons. The van der Waals surface area contributed by atoms with E-state index in [1.54, 1.807) is 18.2 Å². The summed E-state index contributed by atoms with van der Waals surface area (Å²) >= 11 is 0. The largest absolute Gasteiger partial charge is 0.387 e. The number of hydrogen-bond acceptors (Lipinski definition) is 6. The predicted octanol–water partition coefficient (Wildman–Crippen LogP) is 3.62.